The van der Waals surface area contributed by atoms with Gasteiger partial charge in [-0.1, -0.05) is 25.6 Å². The van der Waals surface area contributed by atoms with Gasteiger partial charge >= 0.3 is 0 Å². The molecule has 0 spiro atoms. The Morgan fingerprint density at radius 1 is 1.43 bits per heavy atom. The van der Waals surface area contributed by atoms with E-state index < -0.39 is 0 Å². The molecule has 0 saturated carbocycles. The molecule has 3 nitrogen and oxygen atoms in total. The van der Waals surface area contributed by atoms with Gasteiger partial charge in [0.25, 0.3) is 0 Å². The van der Waals surface area contributed by atoms with Gasteiger partial charge in [-0.3, -0.25) is 4.98 Å². The number of aromatic nitrogens is 2. The highest BCUT2D eigenvalue weighted by Gasteiger charge is 2.05. The van der Waals surface area contributed by atoms with E-state index in [1.165, 1.54) is 11.8 Å². The normalized spacial score (nSPS) is 9.79. The quantitative estimate of drug-likeness (QED) is 0.710. The monoisotopic (exact) mass is 207 g/mol. The molecular formula is C10H13N3S. The molecule has 0 amide bonds. The van der Waals surface area contributed by atoms with Crippen molar-refractivity contribution in [3.63, 3.8) is 0 Å². The van der Waals surface area contributed by atoms with Crippen LogP contribution in [0.4, 0.5) is 0 Å². The average Bonchev–Trinajstić information content (AvgIpc) is 2.25. The predicted molar refractivity (Wildman–Crippen MR) is 57.1 cm³/mol. The molecule has 0 radical (unpaired) electrons. The van der Waals surface area contributed by atoms with Gasteiger partial charge in [-0.05, 0) is 12.8 Å². The number of rotatable bonds is 4. The van der Waals surface area contributed by atoms with E-state index in [2.05, 4.69) is 16.0 Å². The maximum absolute atomic E-state index is 8.50. The molecule has 14 heavy (non-hydrogen) atoms. The number of hydrogen-bond acceptors (Lipinski definition) is 4. The zero-order chi connectivity index (χ0) is 10.4. The molecule has 1 aromatic heterocycles. The van der Waals surface area contributed by atoms with Crippen molar-refractivity contribution in [3.05, 3.63) is 17.6 Å². The lowest BCUT2D eigenvalue weighted by Crippen LogP contribution is -1.98. The summed E-state index contributed by atoms with van der Waals surface area (Å²) in [7, 11) is 0. The highest BCUT2D eigenvalue weighted by Crippen LogP contribution is 2.19. The van der Waals surface area contributed by atoms with Crippen molar-refractivity contribution in [3.8, 4) is 6.07 Å². The third kappa shape index (κ3) is 2.71. The fraction of sp³-hybridized carbons (Fsp3) is 0.500. The van der Waals surface area contributed by atoms with Crippen molar-refractivity contribution < 1.29 is 0 Å². The minimum Gasteiger partial charge on any atom is -0.257 e. The maximum atomic E-state index is 8.50. The van der Waals surface area contributed by atoms with Gasteiger partial charge in [0.2, 0.25) is 0 Å². The molecular weight excluding hydrogens is 194 g/mol. The standard InChI is InChI=1S/C10H13N3S/c1-3-8-7-12-9(4-2)10(13-8)14-6-5-11/h7H,3-4,6H2,1-2H3. The van der Waals surface area contributed by atoms with Crippen molar-refractivity contribution in [2.45, 2.75) is 31.7 Å². The molecule has 0 bridgehead atoms. The van der Waals surface area contributed by atoms with Crippen LogP contribution in [0.25, 0.3) is 0 Å². The Bertz CT molecular complexity index is 344. The van der Waals surface area contributed by atoms with Crippen LogP contribution in [0.2, 0.25) is 0 Å². The highest BCUT2D eigenvalue weighted by molar-refractivity contribution is 7.99. The van der Waals surface area contributed by atoms with Crippen LogP contribution in [0, 0.1) is 11.3 Å². The first-order valence-electron chi connectivity index (χ1n) is 4.66. The number of hydrogen-bond donors (Lipinski definition) is 0. The molecule has 0 saturated heterocycles. The van der Waals surface area contributed by atoms with Crippen LogP contribution in [0.3, 0.4) is 0 Å². The van der Waals surface area contributed by atoms with E-state index >= 15 is 0 Å². The first-order valence-corrected chi connectivity index (χ1v) is 5.64. The van der Waals surface area contributed by atoms with Gasteiger partial charge in [0.15, 0.2) is 0 Å². The molecule has 0 aromatic carbocycles. The maximum Gasteiger partial charge on any atom is 0.119 e. The molecule has 1 aromatic rings. The van der Waals surface area contributed by atoms with Crippen molar-refractivity contribution >= 4 is 11.8 Å². The van der Waals surface area contributed by atoms with Crippen LogP contribution >= 0.6 is 11.8 Å². The second kappa shape index (κ2) is 5.61. The lowest BCUT2D eigenvalue weighted by atomic mass is 10.3. The first kappa shape index (κ1) is 11.0. The van der Waals surface area contributed by atoms with Gasteiger partial charge < -0.3 is 0 Å². The number of aryl methyl sites for hydroxylation is 2. The van der Waals surface area contributed by atoms with E-state index in [0.717, 1.165) is 29.3 Å². The second-order valence-corrected chi connectivity index (χ2v) is 3.73. The van der Waals surface area contributed by atoms with Gasteiger partial charge in [-0.15, -0.1) is 0 Å². The summed E-state index contributed by atoms with van der Waals surface area (Å²) in [6.45, 7) is 4.10. The van der Waals surface area contributed by atoms with E-state index in [1.54, 1.807) is 0 Å². The van der Waals surface area contributed by atoms with E-state index in [9.17, 15) is 0 Å². The molecule has 74 valence electrons. The molecule has 1 rings (SSSR count). The summed E-state index contributed by atoms with van der Waals surface area (Å²) in [6, 6.07) is 2.10. The minimum atomic E-state index is 0.439. The second-order valence-electron chi connectivity index (χ2n) is 2.77. The lowest BCUT2D eigenvalue weighted by Gasteiger charge is -2.05. The summed E-state index contributed by atoms with van der Waals surface area (Å²) in [6.07, 6.45) is 3.57. The summed E-state index contributed by atoms with van der Waals surface area (Å²) in [4.78, 5) is 8.78. The smallest absolute Gasteiger partial charge is 0.119 e. The van der Waals surface area contributed by atoms with Crippen molar-refractivity contribution in [1.29, 1.82) is 5.26 Å². The third-order valence-corrected chi connectivity index (χ3v) is 2.71. The van der Waals surface area contributed by atoms with Crippen LogP contribution < -0.4 is 0 Å². The number of nitriles is 1. The molecule has 1 heterocycles. The summed E-state index contributed by atoms with van der Waals surface area (Å²) in [5.74, 6) is 0.439. The Morgan fingerprint density at radius 3 is 2.79 bits per heavy atom. The summed E-state index contributed by atoms with van der Waals surface area (Å²) >= 11 is 1.47. The van der Waals surface area contributed by atoms with Crippen molar-refractivity contribution in [1.82, 2.24) is 9.97 Å². The first-order chi connectivity index (χ1) is 6.81. The predicted octanol–water partition coefficient (Wildman–Crippen LogP) is 2.22. The minimum absolute atomic E-state index is 0.439. The fourth-order valence-electron chi connectivity index (χ4n) is 1.06. The van der Waals surface area contributed by atoms with Crippen molar-refractivity contribution in [2.75, 3.05) is 5.75 Å². The van der Waals surface area contributed by atoms with Crippen LogP contribution in [0.5, 0.6) is 0 Å². The van der Waals surface area contributed by atoms with Gasteiger partial charge in [0, 0.05) is 6.20 Å². The lowest BCUT2D eigenvalue weighted by molar-refractivity contribution is 0.858. The van der Waals surface area contributed by atoms with Gasteiger partial charge in [0.1, 0.15) is 5.03 Å². The average molecular weight is 207 g/mol. The Balaban J connectivity index is 2.91. The topological polar surface area (TPSA) is 49.6 Å². The molecule has 0 unspecified atom stereocenters. The van der Waals surface area contributed by atoms with Crippen molar-refractivity contribution in [2.24, 2.45) is 0 Å². The molecule has 0 N–H and O–H groups in total. The molecule has 0 aliphatic rings. The zero-order valence-corrected chi connectivity index (χ0v) is 9.27. The third-order valence-electron chi connectivity index (χ3n) is 1.83. The molecule has 0 aliphatic heterocycles. The van der Waals surface area contributed by atoms with Crippen LogP contribution in [0.1, 0.15) is 25.2 Å². The Labute approximate surface area is 88.6 Å². The largest absolute Gasteiger partial charge is 0.257 e. The van der Waals surface area contributed by atoms with E-state index in [0.29, 0.717) is 5.75 Å². The zero-order valence-electron chi connectivity index (χ0n) is 8.45. The summed E-state index contributed by atoms with van der Waals surface area (Å²) < 4.78 is 0. The molecule has 0 atom stereocenters. The SMILES string of the molecule is CCc1cnc(CC)c(SCC#N)n1. The van der Waals surface area contributed by atoms with Crippen LogP contribution in [-0.2, 0) is 12.8 Å². The van der Waals surface area contributed by atoms with Gasteiger partial charge in [-0.2, -0.15) is 5.26 Å². The molecule has 4 heteroatoms. The Hall–Kier alpha value is -1.08. The van der Waals surface area contributed by atoms with E-state index in [-0.39, 0.29) is 0 Å². The summed E-state index contributed by atoms with van der Waals surface area (Å²) in [5, 5.41) is 9.41. The van der Waals surface area contributed by atoms with Crippen LogP contribution in [0.15, 0.2) is 11.2 Å². The Morgan fingerprint density at radius 2 is 2.21 bits per heavy atom. The molecule has 0 fully saturated rings. The summed E-state index contributed by atoms with van der Waals surface area (Å²) in [5.41, 5.74) is 1.98. The Kier molecular flexibility index (Phi) is 4.41. The highest BCUT2D eigenvalue weighted by atomic mass is 32.2. The van der Waals surface area contributed by atoms with Gasteiger partial charge in [0.05, 0.1) is 23.2 Å². The van der Waals surface area contributed by atoms with Gasteiger partial charge in [-0.25, -0.2) is 4.98 Å². The molecule has 0 aliphatic carbocycles. The number of thioether (sulfide) groups is 1. The van der Waals surface area contributed by atoms with E-state index in [1.807, 2.05) is 20.0 Å². The van der Waals surface area contributed by atoms with E-state index in [4.69, 9.17) is 5.26 Å². The fourth-order valence-corrected chi connectivity index (χ4v) is 1.81. The van der Waals surface area contributed by atoms with Crippen LogP contribution in [-0.4, -0.2) is 15.7 Å². The number of nitrogens with zero attached hydrogens (tertiary/aromatic N) is 3.